The number of carbonyl (C=O) groups is 2. The van der Waals surface area contributed by atoms with Gasteiger partial charge >= 0.3 is 5.97 Å². The minimum Gasteiger partial charge on any atom is -0.481 e. The Labute approximate surface area is 100 Å². The average Bonchev–Trinajstić information content (AvgIpc) is 2.87. The standard InChI is InChI=1S/C12H19NO4/c14-8-12(5-6-12)13-9(15)7-11(10(16)17)3-1-2-4-11/h14H,1-8H2,(H,13,15)(H,16,17). The maximum Gasteiger partial charge on any atom is 0.310 e. The second kappa shape index (κ2) is 4.29. The molecule has 17 heavy (non-hydrogen) atoms. The lowest BCUT2D eigenvalue weighted by atomic mass is 9.82. The first-order valence-corrected chi connectivity index (χ1v) is 6.17. The van der Waals surface area contributed by atoms with Gasteiger partial charge in [0.1, 0.15) is 0 Å². The molecule has 2 aliphatic rings. The number of rotatable bonds is 5. The highest BCUT2D eigenvalue weighted by atomic mass is 16.4. The topological polar surface area (TPSA) is 86.6 Å². The lowest BCUT2D eigenvalue weighted by molar-refractivity contribution is -0.151. The average molecular weight is 241 g/mol. The summed E-state index contributed by atoms with van der Waals surface area (Å²) in [4.78, 5) is 23.1. The van der Waals surface area contributed by atoms with Crippen molar-refractivity contribution in [3.8, 4) is 0 Å². The molecule has 2 saturated carbocycles. The largest absolute Gasteiger partial charge is 0.481 e. The zero-order chi connectivity index (χ0) is 12.5. The highest BCUT2D eigenvalue weighted by Gasteiger charge is 2.47. The van der Waals surface area contributed by atoms with Crippen LogP contribution in [0.5, 0.6) is 0 Å². The van der Waals surface area contributed by atoms with E-state index in [1.807, 2.05) is 0 Å². The third-order valence-electron chi connectivity index (χ3n) is 4.07. The van der Waals surface area contributed by atoms with E-state index in [2.05, 4.69) is 5.32 Å². The summed E-state index contributed by atoms with van der Waals surface area (Å²) in [6.45, 7) is -0.0567. The van der Waals surface area contributed by atoms with Gasteiger partial charge in [0, 0.05) is 6.42 Å². The van der Waals surface area contributed by atoms with Crippen molar-refractivity contribution in [2.45, 2.75) is 50.5 Å². The Kier molecular flexibility index (Phi) is 3.12. The highest BCUT2D eigenvalue weighted by molar-refractivity contribution is 5.85. The van der Waals surface area contributed by atoms with Gasteiger partial charge in [0.25, 0.3) is 0 Å². The van der Waals surface area contributed by atoms with Gasteiger partial charge in [-0.2, -0.15) is 0 Å². The first-order chi connectivity index (χ1) is 8.02. The predicted octanol–water partition coefficient (Wildman–Crippen LogP) is 0.663. The van der Waals surface area contributed by atoms with Gasteiger partial charge in [0.2, 0.25) is 5.91 Å². The third kappa shape index (κ3) is 2.44. The fourth-order valence-corrected chi connectivity index (χ4v) is 2.64. The summed E-state index contributed by atoms with van der Waals surface area (Å²) >= 11 is 0. The zero-order valence-corrected chi connectivity index (χ0v) is 9.87. The summed E-state index contributed by atoms with van der Waals surface area (Å²) in [5.41, 5.74) is -1.31. The van der Waals surface area contributed by atoms with Crippen LogP contribution in [0, 0.1) is 5.41 Å². The molecule has 0 bridgehead atoms. The molecule has 2 rings (SSSR count). The van der Waals surface area contributed by atoms with Crippen LogP contribution in [0.15, 0.2) is 0 Å². The number of carboxylic acid groups (broad SMARTS) is 1. The summed E-state index contributed by atoms with van der Waals surface area (Å²) in [6.07, 6.45) is 4.55. The van der Waals surface area contributed by atoms with Crippen LogP contribution >= 0.6 is 0 Å². The molecule has 0 spiro atoms. The van der Waals surface area contributed by atoms with Gasteiger partial charge in [-0.1, -0.05) is 12.8 Å². The van der Waals surface area contributed by atoms with E-state index >= 15 is 0 Å². The Bertz CT molecular complexity index is 329. The normalized spacial score (nSPS) is 24.3. The second-order valence-electron chi connectivity index (χ2n) is 5.46. The Balaban J connectivity index is 1.94. The van der Waals surface area contributed by atoms with Crippen LogP contribution in [-0.2, 0) is 9.59 Å². The van der Waals surface area contributed by atoms with Crippen LogP contribution in [-0.4, -0.2) is 34.2 Å². The summed E-state index contributed by atoms with van der Waals surface area (Å²) in [5.74, 6) is -1.10. The number of aliphatic hydroxyl groups excluding tert-OH is 1. The highest BCUT2D eigenvalue weighted by Crippen LogP contribution is 2.42. The molecule has 3 N–H and O–H groups in total. The monoisotopic (exact) mass is 241 g/mol. The van der Waals surface area contributed by atoms with Gasteiger partial charge in [-0.05, 0) is 25.7 Å². The van der Waals surface area contributed by atoms with E-state index in [0.717, 1.165) is 25.7 Å². The smallest absolute Gasteiger partial charge is 0.310 e. The second-order valence-corrected chi connectivity index (χ2v) is 5.46. The Morgan fingerprint density at radius 3 is 2.12 bits per heavy atom. The molecule has 2 fully saturated rings. The van der Waals surface area contributed by atoms with E-state index in [9.17, 15) is 14.7 Å². The molecule has 0 aromatic rings. The number of carbonyl (C=O) groups excluding carboxylic acids is 1. The molecule has 2 aliphatic carbocycles. The molecule has 96 valence electrons. The minimum atomic E-state index is -0.865. The number of hydrogen-bond donors (Lipinski definition) is 3. The van der Waals surface area contributed by atoms with Crippen LogP contribution in [0.1, 0.15) is 44.9 Å². The molecule has 0 radical (unpaired) electrons. The lowest BCUT2D eigenvalue weighted by Gasteiger charge is -2.24. The molecule has 0 aliphatic heterocycles. The summed E-state index contributed by atoms with van der Waals surface area (Å²) in [5, 5.41) is 21.1. The fourth-order valence-electron chi connectivity index (χ4n) is 2.64. The molecular formula is C12H19NO4. The molecule has 5 heteroatoms. The van der Waals surface area contributed by atoms with Crippen LogP contribution in [0.2, 0.25) is 0 Å². The molecule has 0 aromatic heterocycles. The quantitative estimate of drug-likeness (QED) is 0.660. The van der Waals surface area contributed by atoms with Gasteiger partial charge in [0.15, 0.2) is 0 Å². The Hall–Kier alpha value is -1.10. The Morgan fingerprint density at radius 1 is 1.12 bits per heavy atom. The van der Waals surface area contributed by atoms with E-state index in [0.29, 0.717) is 12.8 Å². The van der Waals surface area contributed by atoms with E-state index < -0.39 is 16.9 Å². The van der Waals surface area contributed by atoms with Crippen molar-refractivity contribution in [1.82, 2.24) is 5.32 Å². The van der Waals surface area contributed by atoms with E-state index in [-0.39, 0.29) is 18.9 Å². The number of hydrogen-bond acceptors (Lipinski definition) is 3. The van der Waals surface area contributed by atoms with Gasteiger partial charge in [-0.3, -0.25) is 9.59 Å². The van der Waals surface area contributed by atoms with Gasteiger partial charge in [-0.25, -0.2) is 0 Å². The van der Waals surface area contributed by atoms with Crippen molar-refractivity contribution >= 4 is 11.9 Å². The van der Waals surface area contributed by atoms with Crippen molar-refractivity contribution in [3.05, 3.63) is 0 Å². The number of amides is 1. The third-order valence-corrected chi connectivity index (χ3v) is 4.07. The van der Waals surface area contributed by atoms with Crippen molar-refractivity contribution in [3.63, 3.8) is 0 Å². The van der Waals surface area contributed by atoms with E-state index in [4.69, 9.17) is 5.11 Å². The molecule has 5 nitrogen and oxygen atoms in total. The Morgan fingerprint density at radius 2 is 1.71 bits per heavy atom. The van der Waals surface area contributed by atoms with Crippen molar-refractivity contribution in [2.75, 3.05) is 6.61 Å². The molecule has 0 saturated heterocycles. The first kappa shape index (κ1) is 12.4. The van der Waals surface area contributed by atoms with Crippen LogP contribution in [0.3, 0.4) is 0 Å². The molecule has 0 aromatic carbocycles. The van der Waals surface area contributed by atoms with Crippen molar-refractivity contribution < 1.29 is 19.8 Å². The van der Waals surface area contributed by atoms with Crippen LogP contribution in [0.4, 0.5) is 0 Å². The lowest BCUT2D eigenvalue weighted by Crippen LogP contribution is -2.43. The van der Waals surface area contributed by atoms with Gasteiger partial charge in [-0.15, -0.1) is 0 Å². The molecular weight excluding hydrogens is 222 g/mol. The predicted molar refractivity (Wildman–Crippen MR) is 60.3 cm³/mol. The summed E-state index contributed by atoms with van der Waals surface area (Å²) < 4.78 is 0. The minimum absolute atomic E-state index is 0.0457. The SMILES string of the molecule is O=C(CC1(C(=O)O)CCCC1)NC1(CO)CC1. The molecule has 0 unspecified atom stereocenters. The zero-order valence-electron chi connectivity index (χ0n) is 9.87. The van der Waals surface area contributed by atoms with Gasteiger partial charge < -0.3 is 15.5 Å². The summed E-state index contributed by atoms with van der Waals surface area (Å²) in [7, 11) is 0. The van der Waals surface area contributed by atoms with Crippen molar-refractivity contribution in [1.29, 1.82) is 0 Å². The first-order valence-electron chi connectivity index (χ1n) is 6.17. The number of aliphatic carboxylic acids is 1. The summed E-state index contributed by atoms with van der Waals surface area (Å²) in [6, 6.07) is 0. The maximum absolute atomic E-state index is 11.8. The van der Waals surface area contributed by atoms with E-state index in [1.165, 1.54) is 0 Å². The molecule has 0 atom stereocenters. The van der Waals surface area contributed by atoms with Crippen LogP contribution in [0.25, 0.3) is 0 Å². The fraction of sp³-hybridized carbons (Fsp3) is 0.833. The number of nitrogens with one attached hydrogen (secondary N) is 1. The number of carboxylic acids is 1. The van der Waals surface area contributed by atoms with Gasteiger partial charge in [0.05, 0.1) is 17.6 Å². The van der Waals surface area contributed by atoms with Crippen LogP contribution < -0.4 is 5.32 Å². The van der Waals surface area contributed by atoms with Crippen molar-refractivity contribution in [2.24, 2.45) is 5.41 Å². The molecule has 0 heterocycles. The van der Waals surface area contributed by atoms with E-state index in [1.54, 1.807) is 0 Å². The number of aliphatic hydroxyl groups is 1. The maximum atomic E-state index is 11.8. The molecule has 1 amide bonds.